The lowest BCUT2D eigenvalue weighted by Gasteiger charge is -2.62. The van der Waals surface area contributed by atoms with Crippen LogP contribution in [0.3, 0.4) is 0 Å². The highest BCUT2D eigenvalue weighted by Crippen LogP contribution is 2.71. The van der Waals surface area contributed by atoms with Crippen LogP contribution in [0.15, 0.2) is 23.8 Å². The van der Waals surface area contributed by atoms with E-state index in [4.69, 9.17) is 4.74 Å². The van der Waals surface area contributed by atoms with E-state index in [9.17, 15) is 19.5 Å². The predicted octanol–water partition coefficient (Wildman–Crippen LogP) is 4.66. The minimum absolute atomic E-state index is 0.0281. The van der Waals surface area contributed by atoms with Gasteiger partial charge in [-0.25, -0.2) is 4.39 Å². The first kappa shape index (κ1) is 24.3. The maximum absolute atomic E-state index is 17.2. The number of hydrogen-bond acceptors (Lipinski definition) is 5. The highest BCUT2D eigenvalue weighted by Gasteiger charge is 2.76. The van der Waals surface area contributed by atoms with E-state index in [1.54, 1.807) is 13.0 Å². The molecule has 0 spiro atoms. The molecule has 0 aromatic rings. The number of allylic oxidation sites excluding steroid dienone is 4. The molecule has 1 N–H and O–H groups in total. The molecule has 0 amide bonds. The number of ketones is 2. The number of Topliss-reactive ketones (excluding diaryl/α,β-unsaturated/α-hetero) is 1. The molecule has 0 saturated heterocycles. The zero-order valence-electron chi connectivity index (χ0n) is 20.4. The molecule has 0 aliphatic heterocycles. The Morgan fingerprint density at radius 3 is 2.61 bits per heavy atom. The number of hydrogen-bond donors (Lipinski definition) is 1. The van der Waals surface area contributed by atoms with Crippen LogP contribution in [0.1, 0.15) is 79.6 Å². The van der Waals surface area contributed by atoms with E-state index in [-0.39, 0.29) is 36.2 Å². The van der Waals surface area contributed by atoms with Crippen molar-refractivity contribution in [1.29, 1.82) is 0 Å². The molecule has 3 fully saturated rings. The fourth-order valence-electron chi connectivity index (χ4n) is 8.12. The fraction of sp³-hybridized carbons (Fsp3) is 0.741. The molecule has 0 radical (unpaired) electrons. The van der Waals surface area contributed by atoms with Crippen LogP contribution in [0.25, 0.3) is 0 Å². The first-order chi connectivity index (χ1) is 15.4. The number of esters is 1. The highest BCUT2D eigenvalue weighted by molar-refractivity contribution is 6.01. The maximum Gasteiger partial charge on any atom is 0.306 e. The Morgan fingerprint density at radius 1 is 1.27 bits per heavy atom. The minimum Gasteiger partial charge on any atom is -0.450 e. The Labute approximate surface area is 195 Å². The van der Waals surface area contributed by atoms with E-state index in [2.05, 4.69) is 0 Å². The van der Waals surface area contributed by atoms with Crippen molar-refractivity contribution in [2.75, 3.05) is 0 Å². The van der Waals surface area contributed by atoms with Gasteiger partial charge in [-0.1, -0.05) is 38.8 Å². The number of aliphatic hydroxyl groups excluding tert-OH is 1. The highest BCUT2D eigenvalue weighted by atomic mass is 19.1. The first-order valence-corrected chi connectivity index (χ1v) is 12.4. The summed E-state index contributed by atoms with van der Waals surface area (Å²) in [4.78, 5) is 38.0. The van der Waals surface area contributed by atoms with Gasteiger partial charge in [0.15, 0.2) is 22.8 Å². The zero-order chi connectivity index (χ0) is 24.4. The van der Waals surface area contributed by atoms with Crippen LogP contribution in [0.5, 0.6) is 0 Å². The van der Waals surface area contributed by atoms with Crippen molar-refractivity contribution in [3.8, 4) is 0 Å². The summed E-state index contributed by atoms with van der Waals surface area (Å²) in [7, 11) is 0. The second kappa shape index (κ2) is 7.86. The van der Waals surface area contributed by atoms with E-state index in [0.29, 0.717) is 25.7 Å². The van der Waals surface area contributed by atoms with Gasteiger partial charge in [0.1, 0.15) is 0 Å². The SMILES string of the molecule is CCCCC(=O)OC1(C(C)=O)C(C)CC2C3CCC4=CC(=O)C=CC4(C)C3(F)C(O)CC21C. The number of alkyl halides is 1. The number of rotatable bonds is 5. The summed E-state index contributed by atoms with van der Waals surface area (Å²) < 4.78 is 23.3. The van der Waals surface area contributed by atoms with Crippen molar-refractivity contribution in [2.24, 2.45) is 28.6 Å². The number of halogens is 1. The van der Waals surface area contributed by atoms with Gasteiger partial charge in [0, 0.05) is 29.1 Å². The second-order valence-corrected chi connectivity index (χ2v) is 11.3. The van der Waals surface area contributed by atoms with Crippen molar-refractivity contribution >= 4 is 17.5 Å². The third kappa shape index (κ3) is 3.01. The molecule has 33 heavy (non-hydrogen) atoms. The Bertz CT molecular complexity index is 939. The zero-order valence-corrected chi connectivity index (χ0v) is 20.4. The Kier molecular flexibility index (Phi) is 5.79. The topological polar surface area (TPSA) is 80.7 Å². The molecule has 4 aliphatic rings. The van der Waals surface area contributed by atoms with Gasteiger partial charge in [0.2, 0.25) is 0 Å². The van der Waals surface area contributed by atoms with E-state index >= 15 is 4.39 Å². The number of ether oxygens (including phenoxy) is 1. The standard InChI is InChI=1S/C27H37FO5/c1-6-7-8-23(32)33-27(17(3)29)16(2)13-21-20-10-9-18-14-19(30)11-12-24(18,4)26(20,28)22(31)15-25(21,27)5/h11-12,14,16,20-22,31H,6-10,13,15H2,1-5H3. The summed E-state index contributed by atoms with van der Waals surface area (Å²) in [6, 6.07) is 0. The quantitative estimate of drug-likeness (QED) is 0.604. The Hall–Kier alpha value is -1.82. The van der Waals surface area contributed by atoms with Gasteiger partial charge in [-0.05, 0) is 64.0 Å². The van der Waals surface area contributed by atoms with E-state index in [1.807, 2.05) is 20.8 Å². The molecule has 5 nitrogen and oxygen atoms in total. The lowest BCUT2D eigenvalue weighted by molar-refractivity contribution is -0.227. The smallest absolute Gasteiger partial charge is 0.306 e. The average Bonchev–Trinajstić information content (AvgIpc) is 2.96. The van der Waals surface area contributed by atoms with Crippen LogP contribution in [0.4, 0.5) is 4.39 Å². The van der Waals surface area contributed by atoms with Crippen molar-refractivity contribution < 1.29 is 28.6 Å². The monoisotopic (exact) mass is 460 g/mol. The molecule has 4 rings (SSSR count). The van der Waals surface area contributed by atoms with Gasteiger partial charge in [-0.3, -0.25) is 14.4 Å². The van der Waals surface area contributed by atoms with Crippen LogP contribution in [-0.4, -0.2) is 40.0 Å². The molecule has 3 saturated carbocycles. The van der Waals surface area contributed by atoms with Crippen LogP contribution in [-0.2, 0) is 19.1 Å². The van der Waals surface area contributed by atoms with E-state index < -0.39 is 40.1 Å². The summed E-state index contributed by atoms with van der Waals surface area (Å²) in [6.07, 6.45) is 6.59. The second-order valence-electron chi connectivity index (χ2n) is 11.3. The molecular weight excluding hydrogens is 423 g/mol. The molecule has 8 atom stereocenters. The third-order valence-electron chi connectivity index (χ3n) is 9.71. The van der Waals surface area contributed by atoms with Crippen molar-refractivity contribution in [2.45, 2.75) is 96.9 Å². The lowest BCUT2D eigenvalue weighted by atomic mass is 9.44. The number of aliphatic hydroxyl groups is 1. The number of unbranched alkanes of at least 4 members (excludes halogenated alkanes) is 1. The largest absolute Gasteiger partial charge is 0.450 e. The molecule has 8 unspecified atom stereocenters. The summed E-state index contributed by atoms with van der Waals surface area (Å²) in [5.41, 5.74) is -4.55. The number of carbonyl (C=O) groups excluding carboxylic acids is 3. The van der Waals surface area contributed by atoms with Crippen molar-refractivity contribution in [1.82, 2.24) is 0 Å². The summed E-state index contributed by atoms with van der Waals surface area (Å²) in [5.74, 6) is -1.80. The third-order valence-corrected chi connectivity index (χ3v) is 9.71. The molecule has 4 aliphatic carbocycles. The first-order valence-electron chi connectivity index (χ1n) is 12.4. The Morgan fingerprint density at radius 2 is 1.97 bits per heavy atom. The lowest BCUT2D eigenvalue weighted by Crippen LogP contribution is -2.69. The normalized spacial score (nSPS) is 46.2. The van der Waals surface area contributed by atoms with Gasteiger partial charge >= 0.3 is 5.97 Å². The molecular formula is C27H37FO5. The van der Waals surface area contributed by atoms with Gasteiger partial charge in [0.05, 0.1) is 6.10 Å². The van der Waals surface area contributed by atoms with E-state index in [0.717, 1.165) is 12.0 Å². The molecule has 0 bridgehead atoms. The van der Waals surface area contributed by atoms with Crippen LogP contribution in [0.2, 0.25) is 0 Å². The molecule has 0 aromatic heterocycles. The van der Waals surface area contributed by atoms with Gasteiger partial charge in [-0.15, -0.1) is 0 Å². The Balaban J connectivity index is 1.78. The van der Waals surface area contributed by atoms with Gasteiger partial charge < -0.3 is 9.84 Å². The van der Waals surface area contributed by atoms with Crippen molar-refractivity contribution in [3.05, 3.63) is 23.8 Å². The molecule has 6 heteroatoms. The van der Waals surface area contributed by atoms with Crippen LogP contribution >= 0.6 is 0 Å². The van der Waals surface area contributed by atoms with E-state index in [1.165, 1.54) is 19.1 Å². The van der Waals surface area contributed by atoms with Crippen LogP contribution < -0.4 is 0 Å². The van der Waals surface area contributed by atoms with Gasteiger partial charge in [-0.2, -0.15) is 0 Å². The molecule has 182 valence electrons. The van der Waals surface area contributed by atoms with Gasteiger partial charge in [0.25, 0.3) is 0 Å². The predicted molar refractivity (Wildman–Crippen MR) is 122 cm³/mol. The van der Waals surface area contributed by atoms with Crippen LogP contribution in [0, 0.1) is 28.6 Å². The molecule has 0 heterocycles. The fourth-order valence-corrected chi connectivity index (χ4v) is 8.12. The molecule has 0 aromatic carbocycles. The van der Waals surface area contributed by atoms with Crippen molar-refractivity contribution in [3.63, 3.8) is 0 Å². The number of carbonyl (C=O) groups is 3. The number of fused-ring (bicyclic) bond motifs is 5. The minimum atomic E-state index is -1.96. The summed E-state index contributed by atoms with van der Waals surface area (Å²) in [6.45, 7) is 9.05. The summed E-state index contributed by atoms with van der Waals surface area (Å²) in [5, 5.41) is 11.4. The summed E-state index contributed by atoms with van der Waals surface area (Å²) >= 11 is 0. The maximum atomic E-state index is 17.2. The average molecular weight is 461 g/mol.